The molecule has 3 nitrogen and oxygen atoms in total. The van der Waals surface area contributed by atoms with E-state index in [-0.39, 0.29) is 0 Å². The first-order valence-electron chi connectivity index (χ1n) is 18.5. The maximum Gasteiger partial charge on any atom is 0.164 e. The Balaban J connectivity index is 1.28. The van der Waals surface area contributed by atoms with Gasteiger partial charge in [0, 0.05) is 16.7 Å². The molecule has 0 atom stereocenters. The third-order valence-corrected chi connectivity index (χ3v) is 9.66. The standard InChI is InChI=1S/C52H39N3/c1-3-5-19-37(4-2)44-28-18-29-45(34-44)52-54-50(42-26-16-9-17-27-42)53-51(55-52)43-32-30-41(31-33-43)49-47(39-22-12-7-13-23-39)35-46(38-20-10-6-11-21-38)36-48(49)40-24-14-8-15-25-40/h3-36H,2H2,1H3/b5-3-,37-19+. The molecule has 3 heteroatoms. The largest absolute Gasteiger partial charge is 0.208 e. The molecule has 0 radical (unpaired) electrons. The highest BCUT2D eigenvalue weighted by molar-refractivity contribution is 5.98. The molecule has 0 bridgehead atoms. The van der Waals surface area contributed by atoms with Gasteiger partial charge in [-0.25, -0.2) is 15.0 Å². The first-order valence-corrected chi connectivity index (χ1v) is 18.5. The SMILES string of the molecule is C=C/C(=C\C=C/C)c1cccc(-c2nc(-c3ccccc3)nc(-c3ccc(-c4c(-c5ccccc5)cc(-c5ccccc5)cc4-c4ccccc4)cc3)n2)c1. The van der Waals surface area contributed by atoms with Gasteiger partial charge in [-0.15, -0.1) is 0 Å². The van der Waals surface area contributed by atoms with Crippen LogP contribution < -0.4 is 0 Å². The van der Waals surface area contributed by atoms with Crippen LogP contribution in [0.25, 0.3) is 84.2 Å². The maximum absolute atomic E-state index is 5.08. The second kappa shape index (κ2) is 16.2. The van der Waals surface area contributed by atoms with Crippen LogP contribution in [0.3, 0.4) is 0 Å². The fraction of sp³-hybridized carbons (Fsp3) is 0.0192. The van der Waals surface area contributed by atoms with Crippen molar-refractivity contribution in [2.75, 3.05) is 0 Å². The lowest BCUT2D eigenvalue weighted by Crippen LogP contribution is -2.00. The average Bonchev–Trinajstić information content (AvgIpc) is 3.27. The van der Waals surface area contributed by atoms with Gasteiger partial charge in [0.25, 0.3) is 0 Å². The van der Waals surface area contributed by atoms with Gasteiger partial charge in [0.15, 0.2) is 17.5 Å². The summed E-state index contributed by atoms with van der Waals surface area (Å²) in [4.78, 5) is 15.1. The summed E-state index contributed by atoms with van der Waals surface area (Å²) in [5.74, 6) is 1.84. The second-order valence-corrected chi connectivity index (χ2v) is 13.2. The number of hydrogen-bond acceptors (Lipinski definition) is 3. The van der Waals surface area contributed by atoms with E-state index in [1.165, 1.54) is 27.8 Å². The Morgan fingerprint density at radius 3 is 1.36 bits per heavy atom. The van der Waals surface area contributed by atoms with Crippen molar-refractivity contribution in [3.63, 3.8) is 0 Å². The number of aromatic nitrogens is 3. The Morgan fingerprint density at radius 2 is 0.855 bits per heavy atom. The minimum absolute atomic E-state index is 0.610. The molecule has 0 aliphatic carbocycles. The molecular weight excluding hydrogens is 667 g/mol. The molecular formula is C52H39N3. The van der Waals surface area contributed by atoms with E-state index in [2.05, 4.69) is 152 Å². The highest BCUT2D eigenvalue weighted by Crippen LogP contribution is 2.43. The van der Waals surface area contributed by atoms with Crippen molar-refractivity contribution in [2.45, 2.75) is 6.92 Å². The summed E-state index contributed by atoms with van der Waals surface area (Å²) in [5, 5.41) is 0. The van der Waals surface area contributed by atoms with E-state index in [0.29, 0.717) is 17.5 Å². The molecule has 0 spiro atoms. The molecule has 0 fully saturated rings. The van der Waals surface area contributed by atoms with Gasteiger partial charge in [-0.2, -0.15) is 0 Å². The highest BCUT2D eigenvalue weighted by atomic mass is 15.0. The van der Waals surface area contributed by atoms with Crippen LogP contribution in [0.4, 0.5) is 0 Å². The van der Waals surface area contributed by atoms with Crippen LogP contribution in [0.5, 0.6) is 0 Å². The minimum atomic E-state index is 0.610. The predicted molar refractivity (Wildman–Crippen MR) is 231 cm³/mol. The third kappa shape index (κ3) is 7.64. The predicted octanol–water partition coefficient (Wildman–Crippen LogP) is 13.7. The van der Waals surface area contributed by atoms with Gasteiger partial charge >= 0.3 is 0 Å². The van der Waals surface area contributed by atoms with Crippen LogP contribution in [0.1, 0.15) is 12.5 Å². The summed E-state index contributed by atoms with van der Waals surface area (Å²) in [6.07, 6.45) is 7.96. The smallest absolute Gasteiger partial charge is 0.164 e. The summed E-state index contributed by atoms with van der Waals surface area (Å²) in [6, 6.07) is 63.6. The van der Waals surface area contributed by atoms with Crippen LogP contribution in [0, 0.1) is 0 Å². The van der Waals surface area contributed by atoms with Crippen molar-refractivity contribution in [1.82, 2.24) is 15.0 Å². The summed E-state index contributed by atoms with van der Waals surface area (Å²) >= 11 is 0. The van der Waals surface area contributed by atoms with Crippen LogP contribution in [-0.2, 0) is 0 Å². The Kier molecular flexibility index (Phi) is 10.3. The van der Waals surface area contributed by atoms with Gasteiger partial charge in [-0.05, 0) is 80.8 Å². The van der Waals surface area contributed by atoms with Crippen LogP contribution in [0.15, 0.2) is 213 Å². The summed E-state index contributed by atoms with van der Waals surface area (Å²) in [7, 11) is 0. The van der Waals surface area contributed by atoms with Crippen molar-refractivity contribution in [3.8, 4) is 78.7 Å². The lowest BCUT2D eigenvalue weighted by Gasteiger charge is -2.19. The van der Waals surface area contributed by atoms with E-state index < -0.39 is 0 Å². The van der Waals surface area contributed by atoms with Gasteiger partial charge in [-0.1, -0.05) is 195 Å². The Bertz CT molecular complexity index is 2570. The zero-order valence-corrected chi connectivity index (χ0v) is 30.7. The monoisotopic (exact) mass is 705 g/mol. The van der Waals surface area contributed by atoms with Gasteiger partial charge in [0.05, 0.1) is 0 Å². The minimum Gasteiger partial charge on any atom is -0.208 e. The van der Waals surface area contributed by atoms with Gasteiger partial charge in [0.2, 0.25) is 0 Å². The molecule has 55 heavy (non-hydrogen) atoms. The first kappa shape index (κ1) is 34.8. The molecule has 0 N–H and O–H groups in total. The molecule has 8 rings (SSSR count). The molecule has 262 valence electrons. The number of benzene rings is 7. The molecule has 0 aliphatic rings. The molecule has 0 aliphatic heterocycles. The van der Waals surface area contributed by atoms with Crippen LogP contribution >= 0.6 is 0 Å². The molecule has 0 saturated carbocycles. The Labute approximate surface area is 323 Å². The van der Waals surface area contributed by atoms with Gasteiger partial charge in [0.1, 0.15) is 0 Å². The number of allylic oxidation sites excluding steroid dienone is 5. The quantitative estimate of drug-likeness (QED) is 0.133. The normalized spacial score (nSPS) is 11.5. The zero-order chi connectivity index (χ0) is 37.4. The van der Waals surface area contributed by atoms with Crippen LogP contribution in [-0.4, -0.2) is 15.0 Å². The molecule has 7 aromatic carbocycles. The molecule has 8 aromatic rings. The molecule has 0 amide bonds. The van der Waals surface area contributed by atoms with Gasteiger partial charge < -0.3 is 0 Å². The van der Waals surface area contributed by atoms with E-state index in [0.717, 1.165) is 44.5 Å². The molecule has 0 saturated heterocycles. The fourth-order valence-electron chi connectivity index (χ4n) is 6.90. The van der Waals surface area contributed by atoms with Crippen LogP contribution in [0.2, 0.25) is 0 Å². The summed E-state index contributed by atoms with van der Waals surface area (Å²) < 4.78 is 0. The third-order valence-electron chi connectivity index (χ3n) is 9.66. The second-order valence-electron chi connectivity index (χ2n) is 13.2. The topological polar surface area (TPSA) is 38.7 Å². The first-order chi connectivity index (χ1) is 27.2. The van der Waals surface area contributed by atoms with E-state index >= 15 is 0 Å². The van der Waals surface area contributed by atoms with E-state index in [4.69, 9.17) is 15.0 Å². The van der Waals surface area contributed by atoms with Crippen molar-refractivity contribution in [1.29, 1.82) is 0 Å². The average molecular weight is 706 g/mol. The number of nitrogens with zero attached hydrogens (tertiary/aromatic N) is 3. The van der Waals surface area contributed by atoms with E-state index in [9.17, 15) is 0 Å². The molecule has 1 heterocycles. The van der Waals surface area contributed by atoms with Crippen molar-refractivity contribution in [2.24, 2.45) is 0 Å². The fourth-order valence-corrected chi connectivity index (χ4v) is 6.90. The molecule has 1 aromatic heterocycles. The number of rotatable bonds is 10. The zero-order valence-electron chi connectivity index (χ0n) is 30.7. The van der Waals surface area contributed by atoms with Crippen molar-refractivity contribution >= 4 is 5.57 Å². The lowest BCUT2D eigenvalue weighted by atomic mass is 9.84. The lowest BCUT2D eigenvalue weighted by molar-refractivity contribution is 1.07. The van der Waals surface area contributed by atoms with Crippen molar-refractivity contribution < 1.29 is 0 Å². The summed E-state index contributed by atoms with van der Waals surface area (Å²) in [5.41, 5.74) is 14.1. The Morgan fingerprint density at radius 1 is 0.418 bits per heavy atom. The maximum atomic E-state index is 5.08. The van der Waals surface area contributed by atoms with E-state index in [1.54, 1.807) is 0 Å². The number of hydrogen-bond donors (Lipinski definition) is 0. The van der Waals surface area contributed by atoms with Gasteiger partial charge in [-0.3, -0.25) is 0 Å². The highest BCUT2D eigenvalue weighted by Gasteiger charge is 2.18. The van der Waals surface area contributed by atoms with Crippen molar-refractivity contribution in [3.05, 3.63) is 218 Å². The van der Waals surface area contributed by atoms with E-state index in [1.807, 2.05) is 67.6 Å². The Hall–Kier alpha value is -7.23. The summed E-state index contributed by atoms with van der Waals surface area (Å²) in [6.45, 7) is 6.05. The molecule has 0 unspecified atom stereocenters.